The molecule has 6 heteroatoms. The molecule has 0 fully saturated rings. The number of hydrogen-bond acceptors (Lipinski definition) is 4. The van der Waals surface area contributed by atoms with Crippen LogP contribution in [0.3, 0.4) is 0 Å². The van der Waals surface area contributed by atoms with Crippen LogP contribution in [0.15, 0.2) is 48.8 Å². The minimum absolute atomic E-state index is 0.190. The number of ether oxygens (including phenoxy) is 1. The molecule has 2 heterocycles. The molecule has 1 amide bonds. The lowest BCUT2D eigenvalue weighted by atomic mass is 9.70. The molecule has 1 aromatic heterocycles. The van der Waals surface area contributed by atoms with Gasteiger partial charge in [0.2, 0.25) is 0 Å². The van der Waals surface area contributed by atoms with E-state index in [4.69, 9.17) is 4.74 Å². The molecule has 0 saturated carbocycles. The van der Waals surface area contributed by atoms with E-state index in [0.717, 1.165) is 5.56 Å². The number of amides is 1. The fourth-order valence-electron chi connectivity index (χ4n) is 3.66. The Labute approximate surface area is 146 Å². The second-order valence-corrected chi connectivity index (χ2v) is 6.19. The Bertz CT molecular complexity index is 793. The molecule has 25 heavy (non-hydrogen) atoms. The number of rotatable bonds is 5. The summed E-state index contributed by atoms with van der Waals surface area (Å²) in [6.45, 7) is 2.41. The van der Waals surface area contributed by atoms with Crippen molar-refractivity contribution in [3.05, 3.63) is 65.5 Å². The monoisotopic (exact) mass is 340 g/mol. The van der Waals surface area contributed by atoms with E-state index in [1.807, 2.05) is 0 Å². The molecule has 1 N–H and O–H groups in total. The first-order valence-corrected chi connectivity index (χ1v) is 8.05. The van der Waals surface area contributed by atoms with Gasteiger partial charge in [-0.15, -0.1) is 0 Å². The van der Waals surface area contributed by atoms with E-state index in [9.17, 15) is 14.7 Å². The summed E-state index contributed by atoms with van der Waals surface area (Å²) in [6.07, 6.45) is 3.22. The number of carboxylic acid groups (broad SMARTS) is 1. The zero-order valence-corrected chi connectivity index (χ0v) is 14.2. The van der Waals surface area contributed by atoms with Crippen LogP contribution in [0.5, 0.6) is 0 Å². The van der Waals surface area contributed by atoms with Crippen LogP contribution in [-0.2, 0) is 15.1 Å². The summed E-state index contributed by atoms with van der Waals surface area (Å²) in [5.74, 6) is -2.05. The van der Waals surface area contributed by atoms with Crippen LogP contribution in [0.4, 0.5) is 0 Å². The first-order valence-electron chi connectivity index (χ1n) is 8.05. The Hall–Kier alpha value is -2.73. The molecule has 1 aromatic carbocycles. The summed E-state index contributed by atoms with van der Waals surface area (Å²) in [5, 5.41) is 10.0. The van der Waals surface area contributed by atoms with Crippen LogP contribution in [0.1, 0.15) is 34.3 Å². The maximum atomic E-state index is 13.1. The molecular formula is C19H20N2O4. The SMILES string of the molecule is COCCN1C(=O)c2ccccc2C(C(=O)O)C1(C)c1ccncc1. The van der Waals surface area contributed by atoms with E-state index in [2.05, 4.69) is 4.98 Å². The Morgan fingerprint density at radius 1 is 1.28 bits per heavy atom. The lowest BCUT2D eigenvalue weighted by Gasteiger charge is -2.49. The predicted molar refractivity (Wildman–Crippen MR) is 91.3 cm³/mol. The van der Waals surface area contributed by atoms with Crippen molar-refractivity contribution in [1.29, 1.82) is 0 Å². The zero-order chi connectivity index (χ0) is 18.0. The topological polar surface area (TPSA) is 79.7 Å². The summed E-state index contributed by atoms with van der Waals surface area (Å²) < 4.78 is 5.15. The Balaban J connectivity index is 2.26. The van der Waals surface area contributed by atoms with E-state index < -0.39 is 17.4 Å². The van der Waals surface area contributed by atoms with Crippen molar-refractivity contribution < 1.29 is 19.4 Å². The van der Waals surface area contributed by atoms with Gasteiger partial charge in [0.1, 0.15) is 5.92 Å². The number of pyridine rings is 1. The van der Waals surface area contributed by atoms with E-state index in [1.165, 1.54) is 0 Å². The highest BCUT2D eigenvalue weighted by Gasteiger charge is 2.52. The summed E-state index contributed by atoms with van der Waals surface area (Å²) in [7, 11) is 1.56. The van der Waals surface area contributed by atoms with Gasteiger partial charge in [0.05, 0.1) is 12.1 Å². The molecule has 0 aliphatic carbocycles. The summed E-state index contributed by atoms with van der Waals surface area (Å²) in [5.41, 5.74) is 0.651. The minimum atomic E-state index is -1.04. The normalized spacial score (nSPS) is 22.6. The lowest BCUT2D eigenvalue weighted by molar-refractivity contribution is -0.143. The van der Waals surface area contributed by atoms with Crippen molar-refractivity contribution in [3.63, 3.8) is 0 Å². The van der Waals surface area contributed by atoms with Crippen molar-refractivity contribution in [2.24, 2.45) is 0 Å². The minimum Gasteiger partial charge on any atom is -0.481 e. The molecule has 0 saturated heterocycles. The van der Waals surface area contributed by atoms with Crippen molar-refractivity contribution in [2.75, 3.05) is 20.3 Å². The maximum absolute atomic E-state index is 13.1. The number of hydrogen-bond donors (Lipinski definition) is 1. The van der Waals surface area contributed by atoms with E-state index in [1.54, 1.807) is 67.7 Å². The fourth-order valence-corrected chi connectivity index (χ4v) is 3.66. The van der Waals surface area contributed by atoms with Gasteiger partial charge in [-0.25, -0.2) is 0 Å². The highest BCUT2D eigenvalue weighted by atomic mass is 16.5. The molecule has 2 aromatic rings. The molecule has 130 valence electrons. The highest BCUT2D eigenvalue weighted by molar-refractivity contribution is 6.01. The smallest absolute Gasteiger partial charge is 0.313 e. The molecule has 0 spiro atoms. The van der Waals surface area contributed by atoms with Gasteiger partial charge >= 0.3 is 5.97 Å². The molecule has 1 aliphatic rings. The van der Waals surface area contributed by atoms with Crippen LogP contribution >= 0.6 is 0 Å². The van der Waals surface area contributed by atoms with Crippen LogP contribution in [0.2, 0.25) is 0 Å². The first kappa shape index (κ1) is 17.1. The van der Waals surface area contributed by atoms with Gasteiger partial charge in [-0.05, 0) is 36.2 Å². The Morgan fingerprint density at radius 3 is 2.60 bits per heavy atom. The van der Waals surface area contributed by atoms with Crippen molar-refractivity contribution >= 4 is 11.9 Å². The van der Waals surface area contributed by atoms with Crippen LogP contribution < -0.4 is 0 Å². The van der Waals surface area contributed by atoms with Gasteiger partial charge in [-0.3, -0.25) is 14.6 Å². The number of benzene rings is 1. The van der Waals surface area contributed by atoms with Gasteiger partial charge < -0.3 is 14.7 Å². The van der Waals surface area contributed by atoms with Gasteiger partial charge in [-0.2, -0.15) is 0 Å². The highest BCUT2D eigenvalue weighted by Crippen LogP contribution is 2.47. The lowest BCUT2D eigenvalue weighted by Crippen LogP contribution is -2.57. The van der Waals surface area contributed by atoms with Crippen molar-refractivity contribution in [1.82, 2.24) is 9.88 Å². The standard InChI is InChI=1S/C19H20N2O4/c1-19(13-7-9-20-10-8-13)16(18(23)24)14-5-3-4-6-15(14)17(22)21(19)11-12-25-2/h3-10,16H,11-12H2,1-2H3,(H,23,24). The number of aliphatic carboxylic acids is 1. The molecule has 2 atom stereocenters. The number of aromatic nitrogens is 1. The van der Waals surface area contributed by atoms with Crippen LogP contribution in [-0.4, -0.2) is 47.1 Å². The number of carbonyl (C=O) groups is 2. The third-order valence-electron chi connectivity index (χ3n) is 4.90. The van der Waals surface area contributed by atoms with Crippen molar-refractivity contribution in [2.45, 2.75) is 18.4 Å². The predicted octanol–water partition coefficient (Wildman–Crippen LogP) is 2.27. The third kappa shape index (κ3) is 2.68. The number of nitrogens with zero attached hydrogens (tertiary/aromatic N) is 2. The molecule has 6 nitrogen and oxygen atoms in total. The first-order chi connectivity index (χ1) is 12.0. The summed E-state index contributed by atoms with van der Waals surface area (Å²) >= 11 is 0. The fraction of sp³-hybridized carbons (Fsp3) is 0.316. The Morgan fingerprint density at radius 2 is 1.96 bits per heavy atom. The molecular weight excluding hydrogens is 320 g/mol. The van der Waals surface area contributed by atoms with E-state index >= 15 is 0 Å². The number of carbonyl (C=O) groups excluding carboxylic acids is 1. The molecule has 2 unspecified atom stereocenters. The quantitative estimate of drug-likeness (QED) is 0.903. The van der Waals surface area contributed by atoms with Gasteiger partial charge in [-0.1, -0.05) is 18.2 Å². The summed E-state index contributed by atoms with van der Waals surface area (Å²) in [4.78, 5) is 31.0. The van der Waals surface area contributed by atoms with Gasteiger partial charge in [0, 0.05) is 31.6 Å². The average Bonchev–Trinajstić information content (AvgIpc) is 2.62. The zero-order valence-electron chi connectivity index (χ0n) is 14.2. The molecule has 0 bridgehead atoms. The Kier molecular flexibility index (Phi) is 4.55. The number of methoxy groups -OCH3 is 1. The van der Waals surface area contributed by atoms with Crippen LogP contribution in [0, 0.1) is 0 Å². The largest absolute Gasteiger partial charge is 0.481 e. The molecule has 1 aliphatic heterocycles. The average molecular weight is 340 g/mol. The number of carboxylic acids is 1. The molecule has 3 rings (SSSR count). The third-order valence-corrected chi connectivity index (χ3v) is 4.90. The second-order valence-electron chi connectivity index (χ2n) is 6.19. The van der Waals surface area contributed by atoms with Gasteiger partial charge in [0.25, 0.3) is 5.91 Å². The summed E-state index contributed by atoms with van der Waals surface area (Å²) in [6, 6.07) is 10.4. The second kappa shape index (κ2) is 6.64. The van der Waals surface area contributed by atoms with Crippen molar-refractivity contribution in [3.8, 4) is 0 Å². The van der Waals surface area contributed by atoms with Crippen LogP contribution in [0.25, 0.3) is 0 Å². The van der Waals surface area contributed by atoms with E-state index in [0.29, 0.717) is 24.3 Å². The number of fused-ring (bicyclic) bond motifs is 1. The van der Waals surface area contributed by atoms with E-state index in [-0.39, 0.29) is 5.91 Å². The van der Waals surface area contributed by atoms with Gasteiger partial charge in [0.15, 0.2) is 0 Å². The maximum Gasteiger partial charge on any atom is 0.313 e. The molecule has 0 radical (unpaired) electrons.